The van der Waals surface area contributed by atoms with E-state index in [2.05, 4.69) is 49.5 Å². The summed E-state index contributed by atoms with van der Waals surface area (Å²) in [5.74, 6) is 1.71. The number of aliphatic hydroxyl groups is 1. The van der Waals surface area contributed by atoms with Crippen LogP contribution < -0.4 is 10.1 Å². The summed E-state index contributed by atoms with van der Waals surface area (Å²) in [6, 6.07) is 16.8. The standard InChI is InChI=1S/C28H35NO4/c1-27(2)18-16-22-25(33-15-13-28(22,17-18)26(27)29-24(31)12-14-30)21-10-5-4-8-19(21)20-9-6-7-11-23(20)32-3/h4-11,18,22,25-26,30H,12-17H2,1-3H3,(H,29,31)/t18-,22-,25-,26+,28-/m1/s1. The lowest BCUT2D eigenvalue weighted by Crippen LogP contribution is -2.59. The number of rotatable bonds is 6. The number of amides is 1. The first-order valence-electron chi connectivity index (χ1n) is 12.2. The fourth-order valence-corrected chi connectivity index (χ4v) is 7.29. The van der Waals surface area contributed by atoms with Gasteiger partial charge in [-0.15, -0.1) is 0 Å². The van der Waals surface area contributed by atoms with E-state index in [0.29, 0.717) is 18.4 Å². The van der Waals surface area contributed by atoms with E-state index in [1.54, 1.807) is 7.11 Å². The van der Waals surface area contributed by atoms with Gasteiger partial charge in [-0.25, -0.2) is 0 Å². The van der Waals surface area contributed by atoms with E-state index in [1.807, 2.05) is 18.2 Å². The monoisotopic (exact) mass is 449 g/mol. The summed E-state index contributed by atoms with van der Waals surface area (Å²) >= 11 is 0. The fourth-order valence-electron chi connectivity index (χ4n) is 7.29. The highest BCUT2D eigenvalue weighted by atomic mass is 16.5. The van der Waals surface area contributed by atoms with Gasteiger partial charge in [0.15, 0.2) is 0 Å². The highest BCUT2D eigenvalue weighted by Crippen LogP contribution is 2.70. The summed E-state index contributed by atoms with van der Waals surface area (Å²) in [5.41, 5.74) is 3.49. The van der Waals surface area contributed by atoms with Gasteiger partial charge in [0, 0.05) is 24.6 Å². The molecule has 2 N–H and O–H groups in total. The molecular formula is C28H35NO4. The van der Waals surface area contributed by atoms with E-state index in [0.717, 1.165) is 36.1 Å². The molecule has 2 aromatic rings. The molecule has 5 heteroatoms. The number of methoxy groups -OCH3 is 1. The lowest BCUT2D eigenvalue weighted by molar-refractivity contribution is -0.137. The average molecular weight is 450 g/mol. The van der Waals surface area contributed by atoms with Crippen molar-refractivity contribution < 1.29 is 19.4 Å². The molecule has 2 saturated carbocycles. The zero-order valence-corrected chi connectivity index (χ0v) is 19.8. The van der Waals surface area contributed by atoms with Crippen LogP contribution in [0.2, 0.25) is 0 Å². The quantitative estimate of drug-likeness (QED) is 0.668. The molecule has 5 rings (SSSR count). The van der Waals surface area contributed by atoms with E-state index in [-0.39, 0.29) is 41.9 Å². The molecule has 1 amide bonds. The Balaban J connectivity index is 1.54. The van der Waals surface area contributed by atoms with Gasteiger partial charge in [0.1, 0.15) is 5.75 Å². The Morgan fingerprint density at radius 3 is 2.64 bits per heavy atom. The maximum absolute atomic E-state index is 12.6. The number of carbonyl (C=O) groups is 1. The van der Waals surface area contributed by atoms with Crippen molar-refractivity contribution in [2.24, 2.45) is 22.7 Å². The zero-order valence-electron chi connectivity index (χ0n) is 19.8. The van der Waals surface area contributed by atoms with Crippen molar-refractivity contribution in [1.29, 1.82) is 0 Å². The van der Waals surface area contributed by atoms with Gasteiger partial charge in [-0.1, -0.05) is 56.3 Å². The van der Waals surface area contributed by atoms with E-state index in [1.165, 1.54) is 5.56 Å². The second-order valence-electron chi connectivity index (χ2n) is 10.6. The highest BCUT2D eigenvalue weighted by Gasteiger charge is 2.68. The average Bonchev–Trinajstić information content (AvgIpc) is 3.31. The Kier molecular flexibility index (Phi) is 5.74. The molecule has 5 atom stereocenters. The first-order valence-corrected chi connectivity index (χ1v) is 12.2. The third-order valence-electron chi connectivity index (χ3n) is 8.81. The first kappa shape index (κ1) is 22.4. The lowest BCUT2D eigenvalue weighted by atomic mass is 9.58. The number of fused-ring (bicyclic) bond motifs is 1. The van der Waals surface area contributed by atoms with Gasteiger partial charge in [-0.3, -0.25) is 4.79 Å². The summed E-state index contributed by atoms with van der Waals surface area (Å²) in [6.07, 6.45) is 3.36. The molecule has 0 unspecified atom stereocenters. The normalized spacial score (nSPS) is 31.8. The first-order chi connectivity index (χ1) is 15.9. The summed E-state index contributed by atoms with van der Waals surface area (Å²) in [5, 5.41) is 12.6. The van der Waals surface area contributed by atoms with Crippen molar-refractivity contribution in [1.82, 2.24) is 5.32 Å². The second-order valence-corrected chi connectivity index (χ2v) is 10.6. The molecule has 3 fully saturated rings. The zero-order chi connectivity index (χ0) is 23.2. The smallest absolute Gasteiger partial charge is 0.222 e. The second kappa shape index (κ2) is 8.44. The van der Waals surface area contributed by atoms with Crippen LogP contribution in [0.1, 0.15) is 51.2 Å². The van der Waals surface area contributed by atoms with Crippen LogP contribution in [0.5, 0.6) is 5.75 Å². The van der Waals surface area contributed by atoms with Crippen LogP contribution in [0.4, 0.5) is 0 Å². The van der Waals surface area contributed by atoms with Crippen molar-refractivity contribution >= 4 is 5.91 Å². The van der Waals surface area contributed by atoms with Crippen molar-refractivity contribution in [2.45, 2.75) is 51.7 Å². The van der Waals surface area contributed by atoms with Crippen molar-refractivity contribution in [2.75, 3.05) is 20.3 Å². The maximum Gasteiger partial charge on any atom is 0.222 e. The number of carbonyl (C=O) groups excluding carboxylic acids is 1. The van der Waals surface area contributed by atoms with Crippen LogP contribution >= 0.6 is 0 Å². The molecule has 1 heterocycles. The van der Waals surface area contributed by atoms with Crippen LogP contribution in [0.15, 0.2) is 48.5 Å². The van der Waals surface area contributed by atoms with Crippen LogP contribution in [0, 0.1) is 22.7 Å². The van der Waals surface area contributed by atoms with Gasteiger partial charge in [-0.05, 0) is 59.1 Å². The molecule has 0 radical (unpaired) electrons. The van der Waals surface area contributed by atoms with Crippen molar-refractivity contribution in [3.63, 3.8) is 0 Å². The van der Waals surface area contributed by atoms with E-state index < -0.39 is 0 Å². The molecule has 0 aromatic heterocycles. The van der Waals surface area contributed by atoms with Crippen molar-refractivity contribution in [3.05, 3.63) is 54.1 Å². The predicted octanol–water partition coefficient (Wildman–Crippen LogP) is 4.74. The van der Waals surface area contributed by atoms with Gasteiger partial charge in [0.2, 0.25) is 5.91 Å². The molecule has 176 valence electrons. The minimum Gasteiger partial charge on any atom is -0.496 e. The van der Waals surface area contributed by atoms with E-state index >= 15 is 0 Å². The third-order valence-corrected chi connectivity index (χ3v) is 8.81. The van der Waals surface area contributed by atoms with E-state index in [9.17, 15) is 9.90 Å². The summed E-state index contributed by atoms with van der Waals surface area (Å²) < 4.78 is 12.2. The lowest BCUT2D eigenvalue weighted by Gasteiger charge is -2.53. The highest BCUT2D eigenvalue weighted by molar-refractivity contribution is 5.77. The number of ether oxygens (including phenoxy) is 2. The molecule has 3 aliphatic rings. The van der Waals surface area contributed by atoms with Gasteiger partial charge in [-0.2, -0.15) is 0 Å². The van der Waals surface area contributed by atoms with Crippen LogP contribution in [0.25, 0.3) is 11.1 Å². The number of benzene rings is 2. The summed E-state index contributed by atoms with van der Waals surface area (Å²) in [4.78, 5) is 12.6. The minimum absolute atomic E-state index is 0.0155. The van der Waals surface area contributed by atoms with Gasteiger partial charge in [0.05, 0.1) is 19.8 Å². The number of aliphatic hydroxyl groups excluding tert-OH is 1. The summed E-state index contributed by atoms with van der Waals surface area (Å²) in [7, 11) is 1.71. The summed E-state index contributed by atoms with van der Waals surface area (Å²) in [6.45, 7) is 5.19. The predicted molar refractivity (Wildman–Crippen MR) is 128 cm³/mol. The van der Waals surface area contributed by atoms with Crippen LogP contribution in [-0.4, -0.2) is 37.4 Å². The maximum atomic E-state index is 12.6. The molecule has 2 bridgehead atoms. The SMILES string of the molecule is COc1ccccc1-c1ccccc1[C@H]1OCC[C@@]23C[C@@H](C[C@H]12)C(C)(C)[C@@H]3NC(=O)CCO. The number of hydrogen-bond acceptors (Lipinski definition) is 4. The Bertz CT molecular complexity index is 1030. The van der Waals surface area contributed by atoms with Crippen molar-refractivity contribution in [3.8, 4) is 16.9 Å². The largest absolute Gasteiger partial charge is 0.496 e. The van der Waals surface area contributed by atoms with Gasteiger partial charge >= 0.3 is 0 Å². The van der Waals surface area contributed by atoms with Gasteiger partial charge < -0.3 is 19.9 Å². The minimum atomic E-state index is -0.114. The van der Waals surface area contributed by atoms with Gasteiger partial charge in [0.25, 0.3) is 0 Å². The Hall–Kier alpha value is -2.37. The molecular weight excluding hydrogens is 414 g/mol. The molecule has 33 heavy (non-hydrogen) atoms. The fraction of sp³-hybridized carbons (Fsp3) is 0.536. The number of hydrogen-bond donors (Lipinski definition) is 2. The molecule has 5 nitrogen and oxygen atoms in total. The van der Waals surface area contributed by atoms with Crippen LogP contribution in [-0.2, 0) is 9.53 Å². The Morgan fingerprint density at radius 2 is 1.88 bits per heavy atom. The Morgan fingerprint density at radius 1 is 1.15 bits per heavy atom. The van der Waals surface area contributed by atoms with Crippen LogP contribution in [0.3, 0.4) is 0 Å². The third kappa shape index (κ3) is 3.48. The number of para-hydroxylation sites is 1. The molecule has 1 saturated heterocycles. The molecule has 1 aliphatic heterocycles. The molecule has 2 aliphatic carbocycles. The molecule has 1 spiro atoms. The topological polar surface area (TPSA) is 67.8 Å². The Labute approximate surface area is 196 Å². The van der Waals surface area contributed by atoms with E-state index in [4.69, 9.17) is 9.47 Å². The molecule has 2 aromatic carbocycles. The number of nitrogens with one attached hydrogen (secondary N) is 1.